The molecule has 0 bridgehead atoms. The molecule has 2 N–H and O–H groups in total. The zero-order valence-electron chi connectivity index (χ0n) is 11.5. The highest BCUT2D eigenvalue weighted by atomic mass is 32.1. The number of nitrogens with one attached hydrogen (secondary N) is 2. The Kier molecular flexibility index (Phi) is 4.65. The molecule has 0 aromatic heterocycles. The van der Waals surface area contributed by atoms with Gasteiger partial charge < -0.3 is 10.6 Å². The summed E-state index contributed by atoms with van der Waals surface area (Å²) in [6, 6.07) is 9.04. The SMILES string of the molecule is Cc1ccc(F)cc1NC(=S)Nc1ccccc1C(F)(F)F. The molecule has 7 heteroatoms. The molecule has 22 heavy (non-hydrogen) atoms. The van der Waals surface area contributed by atoms with E-state index in [0.717, 1.165) is 11.6 Å². The second-order valence-corrected chi connectivity index (χ2v) is 4.99. The van der Waals surface area contributed by atoms with E-state index in [4.69, 9.17) is 12.2 Å². The number of benzene rings is 2. The molecule has 0 amide bonds. The van der Waals surface area contributed by atoms with Gasteiger partial charge in [-0.25, -0.2) is 4.39 Å². The third-order valence-corrected chi connectivity index (χ3v) is 3.13. The second-order valence-electron chi connectivity index (χ2n) is 4.58. The fourth-order valence-corrected chi connectivity index (χ4v) is 2.06. The number of hydrogen-bond donors (Lipinski definition) is 2. The van der Waals surface area contributed by atoms with Crippen molar-refractivity contribution in [1.29, 1.82) is 0 Å². The highest BCUT2D eigenvalue weighted by Gasteiger charge is 2.33. The van der Waals surface area contributed by atoms with Crippen LogP contribution in [-0.2, 0) is 6.18 Å². The van der Waals surface area contributed by atoms with Crippen LogP contribution in [-0.4, -0.2) is 5.11 Å². The Morgan fingerprint density at radius 3 is 2.32 bits per heavy atom. The summed E-state index contributed by atoms with van der Waals surface area (Å²) >= 11 is 4.99. The van der Waals surface area contributed by atoms with Gasteiger partial charge in [-0.05, 0) is 49.0 Å². The monoisotopic (exact) mass is 328 g/mol. The average molecular weight is 328 g/mol. The van der Waals surface area contributed by atoms with E-state index in [-0.39, 0.29) is 10.8 Å². The molecule has 0 radical (unpaired) electrons. The number of para-hydroxylation sites is 1. The van der Waals surface area contributed by atoms with Gasteiger partial charge in [0.2, 0.25) is 0 Å². The van der Waals surface area contributed by atoms with Crippen LogP contribution in [0.3, 0.4) is 0 Å². The lowest BCUT2D eigenvalue weighted by Crippen LogP contribution is -2.22. The van der Waals surface area contributed by atoms with Crippen molar-refractivity contribution in [2.75, 3.05) is 10.6 Å². The van der Waals surface area contributed by atoms with Crippen LogP contribution in [0.4, 0.5) is 28.9 Å². The molecule has 0 unspecified atom stereocenters. The molecule has 0 spiro atoms. The lowest BCUT2D eigenvalue weighted by molar-refractivity contribution is -0.136. The van der Waals surface area contributed by atoms with Crippen LogP contribution in [0.25, 0.3) is 0 Å². The number of alkyl halides is 3. The van der Waals surface area contributed by atoms with Gasteiger partial charge in [0, 0.05) is 5.69 Å². The summed E-state index contributed by atoms with van der Waals surface area (Å²) in [5.41, 5.74) is 0.119. The van der Waals surface area contributed by atoms with Crippen LogP contribution in [0.15, 0.2) is 42.5 Å². The highest BCUT2D eigenvalue weighted by Crippen LogP contribution is 2.34. The second kappa shape index (κ2) is 6.31. The van der Waals surface area contributed by atoms with Crippen LogP contribution in [0.5, 0.6) is 0 Å². The fourth-order valence-electron chi connectivity index (χ4n) is 1.84. The lowest BCUT2D eigenvalue weighted by Gasteiger charge is -2.16. The van der Waals surface area contributed by atoms with Gasteiger partial charge in [0.1, 0.15) is 5.82 Å². The van der Waals surface area contributed by atoms with Crippen LogP contribution in [0.2, 0.25) is 0 Å². The Balaban J connectivity index is 2.18. The summed E-state index contributed by atoms with van der Waals surface area (Å²) in [6.45, 7) is 1.73. The van der Waals surface area contributed by atoms with E-state index in [1.54, 1.807) is 13.0 Å². The molecule has 0 aliphatic carbocycles. The van der Waals surface area contributed by atoms with Crippen molar-refractivity contribution in [2.24, 2.45) is 0 Å². The predicted molar refractivity (Wildman–Crippen MR) is 82.4 cm³/mol. The summed E-state index contributed by atoms with van der Waals surface area (Å²) in [6.07, 6.45) is -4.49. The van der Waals surface area contributed by atoms with Crippen LogP contribution in [0.1, 0.15) is 11.1 Å². The zero-order valence-corrected chi connectivity index (χ0v) is 12.3. The first-order chi connectivity index (χ1) is 10.3. The fraction of sp³-hybridized carbons (Fsp3) is 0.133. The molecule has 0 aliphatic heterocycles. The first kappa shape index (κ1) is 16.2. The smallest absolute Gasteiger partial charge is 0.332 e. The maximum Gasteiger partial charge on any atom is 0.418 e. The van der Waals surface area contributed by atoms with Crippen molar-refractivity contribution in [1.82, 2.24) is 0 Å². The van der Waals surface area contributed by atoms with Gasteiger partial charge >= 0.3 is 6.18 Å². The molecule has 0 aliphatic rings. The minimum Gasteiger partial charge on any atom is -0.332 e. The molecule has 0 fully saturated rings. The normalized spacial score (nSPS) is 11.1. The van der Waals surface area contributed by atoms with E-state index in [9.17, 15) is 17.6 Å². The number of halogens is 4. The predicted octanol–water partition coefficient (Wildman–Crippen LogP) is 4.96. The minimum absolute atomic E-state index is 0.0506. The summed E-state index contributed by atoms with van der Waals surface area (Å²) in [7, 11) is 0. The summed E-state index contributed by atoms with van der Waals surface area (Å²) in [4.78, 5) is 0. The van der Waals surface area contributed by atoms with Gasteiger partial charge in [-0.1, -0.05) is 18.2 Å². The number of thiocarbonyl (C=S) groups is 1. The number of rotatable bonds is 2. The van der Waals surface area contributed by atoms with Gasteiger partial charge in [0.25, 0.3) is 0 Å². The Hall–Kier alpha value is -2.15. The highest BCUT2D eigenvalue weighted by molar-refractivity contribution is 7.80. The Labute approximate surface area is 130 Å². The molecular weight excluding hydrogens is 316 g/mol. The van der Waals surface area contributed by atoms with Crippen LogP contribution < -0.4 is 10.6 Å². The third kappa shape index (κ3) is 3.94. The van der Waals surface area contributed by atoms with Crippen LogP contribution >= 0.6 is 12.2 Å². The van der Waals surface area contributed by atoms with Gasteiger partial charge in [-0.15, -0.1) is 0 Å². The molecule has 0 heterocycles. The maximum absolute atomic E-state index is 13.2. The zero-order chi connectivity index (χ0) is 16.3. The number of aryl methyl sites for hydroxylation is 1. The van der Waals surface area contributed by atoms with Crippen molar-refractivity contribution in [2.45, 2.75) is 13.1 Å². The van der Waals surface area contributed by atoms with E-state index in [1.165, 1.54) is 30.3 Å². The lowest BCUT2D eigenvalue weighted by atomic mass is 10.1. The summed E-state index contributed by atoms with van der Waals surface area (Å²) < 4.78 is 51.9. The topological polar surface area (TPSA) is 24.1 Å². The molecule has 0 saturated carbocycles. The van der Waals surface area contributed by atoms with Crippen molar-refractivity contribution in [3.05, 3.63) is 59.4 Å². The molecule has 2 nitrogen and oxygen atoms in total. The first-order valence-electron chi connectivity index (χ1n) is 6.28. The van der Waals surface area contributed by atoms with E-state index in [2.05, 4.69) is 10.6 Å². The standard InChI is InChI=1S/C15H12F4N2S/c1-9-6-7-10(16)8-13(9)21-14(22)20-12-5-3-2-4-11(12)15(17,18)19/h2-8H,1H3,(H2,20,21,22). The molecule has 0 saturated heterocycles. The van der Waals surface area contributed by atoms with Crippen molar-refractivity contribution >= 4 is 28.7 Å². The largest absolute Gasteiger partial charge is 0.418 e. The van der Waals surface area contributed by atoms with E-state index in [1.807, 2.05) is 0 Å². The molecule has 116 valence electrons. The molecule has 2 rings (SSSR count). The Morgan fingerprint density at radius 1 is 1.00 bits per heavy atom. The van der Waals surface area contributed by atoms with Gasteiger partial charge in [0.15, 0.2) is 5.11 Å². The number of hydrogen-bond acceptors (Lipinski definition) is 1. The molecule has 0 atom stereocenters. The minimum atomic E-state index is -4.49. The summed E-state index contributed by atoms with van der Waals surface area (Å²) in [5, 5.41) is 5.13. The molecule has 2 aromatic carbocycles. The van der Waals surface area contributed by atoms with Crippen LogP contribution in [0, 0.1) is 12.7 Å². The van der Waals surface area contributed by atoms with Gasteiger partial charge in [0.05, 0.1) is 11.3 Å². The maximum atomic E-state index is 13.2. The third-order valence-electron chi connectivity index (χ3n) is 2.93. The quantitative estimate of drug-likeness (QED) is 0.602. The Morgan fingerprint density at radius 2 is 1.64 bits per heavy atom. The van der Waals surface area contributed by atoms with Crippen molar-refractivity contribution in [3.63, 3.8) is 0 Å². The summed E-state index contributed by atoms with van der Waals surface area (Å²) in [5.74, 6) is -0.466. The Bertz CT molecular complexity index is 698. The van der Waals surface area contributed by atoms with E-state index < -0.39 is 17.6 Å². The van der Waals surface area contributed by atoms with E-state index >= 15 is 0 Å². The van der Waals surface area contributed by atoms with Crippen molar-refractivity contribution in [3.8, 4) is 0 Å². The average Bonchev–Trinajstić information content (AvgIpc) is 2.42. The van der Waals surface area contributed by atoms with E-state index in [0.29, 0.717) is 5.69 Å². The van der Waals surface area contributed by atoms with Crippen molar-refractivity contribution < 1.29 is 17.6 Å². The first-order valence-corrected chi connectivity index (χ1v) is 6.68. The van der Waals surface area contributed by atoms with Gasteiger partial charge in [-0.2, -0.15) is 13.2 Å². The molecule has 2 aromatic rings. The molecular formula is C15H12F4N2S. The number of anilines is 2. The van der Waals surface area contributed by atoms with Gasteiger partial charge in [-0.3, -0.25) is 0 Å².